The first-order chi connectivity index (χ1) is 16.5. The van der Waals surface area contributed by atoms with Crippen molar-refractivity contribution in [2.45, 2.75) is 57.6 Å². The molecule has 1 aliphatic heterocycles. The Hall–Kier alpha value is -3.40. The third kappa shape index (κ3) is 3.81. The van der Waals surface area contributed by atoms with Crippen molar-refractivity contribution < 1.29 is 13.5 Å². The van der Waals surface area contributed by atoms with E-state index in [1.807, 2.05) is 13.8 Å². The van der Waals surface area contributed by atoms with Gasteiger partial charge in [-0.1, -0.05) is 0 Å². The molecule has 1 saturated carbocycles. The second-order valence-corrected chi connectivity index (χ2v) is 9.02. The van der Waals surface area contributed by atoms with E-state index in [1.54, 1.807) is 11.0 Å². The van der Waals surface area contributed by atoms with Crippen LogP contribution in [0.5, 0.6) is 0 Å². The zero-order valence-electron chi connectivity index (χ0n) is 18.9. The van der Waals surface area contributed by atoms with Crippen molar-refractivity contribution in [2.24, 2.45) is 0 Å². The highest BCUT2D eigenvalue weighted by atomic mass is 19.1. The summed E-state index contributed by atoms with van der Waals surface area (Å²) < 4.78 is 34.4. The van der Waals surface area contributed by atoms with Gasteiger partial charge in [0.05, 0.1) is 23.6 Å². The molecule has 3 aromatic heterocycles. The number of hydrogen-bond donors (Lipinski definition) is 0. The molecule has 6 rings (SSSR count). The Morgan fingerprint density at radius 2 is 1.82 bits per heavy atom. The summed E-state index contributed by atoms with van der Waals surface area (Å²) in [5.74, 6) is -0.844. The van der Waals surface area contributed by atoms with Crippen molar-refractivity contribution in [3.8, 4) is 11.3 Å². The maximum atomic E-state index is 14.8. The zero-order valence-corrected chi connectivity index (χ0v) is 18.9. The van der Waals surface area contributed by atoms with Crippen LogP contribution in [0.15, 0.2) is 24.4 Å². The highest BCUT2D eigenvalue weighted by molar-refractivity contribution is 5.87. The van der Waals surface area contributed by atoms with Gasteiger partial charge in [0.1, 0.15) is 40.5 Å². The standard InChI is InChI=1S/C24H23F2N7O/c1-12-13(2)29-24-22(28-12)21(17-6-3-15(25)10-18(17)26)30-23(31-24)14-7-8-34-20(9-14)19-11-27-33(32-19)16-4-5-16/h3,6,10-11,14,16,20H,4-5,7-9H2,1-2H3/t14-,20+/m0/s1. The highest BCUT2D eigenvalue weighted by Gasteiger charge is 2.32. The lowest BCUT2D eigenvalue weighted by Crippen LogP contribution is -2.21. The summed E-state index contributed by atoms with van der Waals surface area (Å²) in [6.07, 6.45) is 5.10. The number of rotatable bonds is 4. The van der Waals surface area contributed by atoms with Crippen LogP contribution < -0.4 is 0 Å². The molecule has 0 radical (unpaired) electrons. The van der Waals surface area contributed by atoms with Crippen LogP contribution in [-0.4, -0.2) is 41.5 Å². The minimum atomic E-state index is -0.701. The van der Waals surface area contributed by atoms with E-state index in [-0.39, 0.29) is 17.6 Å². The van der Waals surface area contributed by atoms with Gasteiger partial charge in [0.25, 0.3) is 0 Å². The van der Waals surface area contributed by atoms with E-state index in [4.69, 9.17) is 14.7 Å². The second-order valence-electron chi connectivity index (χ2n) is 9.02. The Morgan fingerprint density at radius 3 is 2.62 bits per heavy atom. The minimum absolute atomic E-state index is 0.0418. The molecule has 0 bridgehead atoms. The van der Waals surface area contributed by atoms with Gasteiger partial charge in [0, 0.05) is 24.2 Å². The molecule has 1 aromatic carbocycles. The van der Waals surface area contributed by atoms with Crippen molar-refractivity contribution in [1.82, 2.24) is 34.9 Å². The van der Waals surface area contributed by atoms with Crippen LogP contribution in [0.2, 0.25) is 0 Å². The maximum absolute atomic E-state index is 14.8. The molecule has 34 heavy (non-hydrogen) atoms. The molecule has 174 valence electrons. The van der Waals surface area contributed by atoms with E-state index >= 15 is 0 Å². The van der Waals surface area contributed by atoms with Crippen molar-refractivity contribution in [3.63, 3.8) is 0 Å². The van der Waals surface area contributed by atoms with E-state index in [9.17, 15) is 8.78 Å². The van der Waals surface area contributed by atoms with E-state index in [0.717, 1.165) is 30.3 Å². The molecular weight excluding hydrogens is 440 g/mol. The summed E-state index contributed by atoms with van der Waals surface area (Å²) in [4.78, 5) is 20.5. The Morgan fingerprint density at radius 1 is 1.00 bits per heavy atom. The molecule has 4 heterocycles. The third-order valence-electron chi connectivity index (χ3n) is 6.52. The number of halogens is 2. The van der Waals surface area contributed by atoms with Crippen LogP contribution >= 0.6 is 0 Å². The molecule has 2 aliphatic rings. The number of aryl methyl sites for hydroxylation is 2. The molecule has 10 heteroatoms. The third-order valence-corrected chi connectivity index (χ3v) is 6.52. The van der Waals surface area contributed by atoms with Gasteiger partial charge in [-0.25, -0.2) is 28.7 Å². The highest BCUT2D eigenvalue weighted by Crippen LogP contribution is 2.38. The molecule has 0 amide bonds. The van der Waals surface area contributed by atoms with Gasteiger partial charge >= 0.3 is 0 Å². The molecule has 0 N–H and O–H groups in total. The number of nitrogens with zero attached hydrogens (tertiary/aromatic N) is 7. The number of hydrogen-bond acceptors (Lipinski definition) is 7. The predicted molar refractivity (Wildman–Crippen MR) is 119 cm³/mol. The Balaban J connectivity index is 1.41. The van der Waals surface area contributed by atoms with Crippen molar-refractivity contribution >= 4 is 11.2 Å². The Bertz CT molecular complexity index is 1400. The summed E-state index contributed by atoms with van der Waals surface area (Å²) >= 11 is 0. The summed E-state index contributed by atoms with van der Waals surface area (Å²) in [6.45, 7) is 4.21. The first-order valence-electron chi connectivity index (χ1n) is 11.5. The minimum Gasteiger partial charge on any atom is -0.372 e. The normalized spacial score (nSPS) is 20.7. The number of benzene rings is 1. The first kappa shape index (κ1) is 21.2. The van der Waals surface area contributed by atoms with E-state index < -0.39 is 11.6 Å². The van der Waals surface area contributed by atoms with Crippen LogP contribution in [0, 0.1) is 25.5 Å². The fraction of sp³-hybridized carbons (Fsp3) is 0.417. The van der Waals surface area contributed by atoms with Crippen molar-refractivity contribution in [2.75, 3.05) is 6.61 Å². The SMILES string of the molecule is Cc1nc2nc([C@H]3CCO[C@@H](c4cnn(C5CC5)n4)C3)nc(-c3ccc(F)cc3F)c2nc1C. The molecule has 0 unspecified atom stereocenters. The van der Waals surface area contributed by atoms with E-state index in [2.05, 4.69) is 20.2 Å². The quantitative estimate of drug-likeness (QED) is 0.439. The smallest absolute Gasteiger partial charge is 0.182 e. The zero-order chi connectivity index (χ0) is 23.4. The lowest BCUT2D eigenvalue weighted by molar-refractivity contribution is 0.00113. The lowest BCUT2D eigenvalue weighted by atomic mass is 9.93. The largest absolute Gasteiger partial charge is 0.372 e. The second kappa shape index (κ2) is 8.12. The molecule has 2 atom stereocenters. The average Bonchev–Trinajstić information content (AvgIpc) is 3.56. The van der Waals surface area contributed by atoms with Crippen LogP contribution in [0.25, 0.3) is 22.4 Å². The van der Waals surface area contributed by atoms with Gasteiger partial charge in [-0.3, -0.25) is 0 Å². The first-order valence-corrected chi connectivity index (χ1v) is 11.5. The molecule has 1 aliphatic carbocycles. The Labute approximate surface area is 194 Å². The predicted octanol–water partition coefficient (Wildman–Crippen LogP) is 4.54. The van der Waals surface area contributed by atoms with Gasteiger partial charge in [-0.2, -0.15) is 15.0 Å². The monoisotopic (exact) mass is 463 g/mol. The van der Waals surface area contributed by atoms with Gasteiger partial charge in [-0.05, 0) is 51.7 Å². The lowest BCUT2D eigenvalue weighted by Gasteiger charge is -2.27. The van der Waals surface area contributed by atoms with Crippen LogP contribution in [-0.2, 0) is 4.74 Å². The van der Waals surface area contributed by atoms with Gasteiger partial charge in [0.2, 0.25) is 0 Å². The average molecular weight is 463 g/mol. The topological polar surface area (TPSA) is 91.5 Å². The van der Waals surface area contributed by atoms with Crippen molar-refractivity contribution in [1.29, 1.82) is 0 Å². The summed E-state index contributed by atoms with van der Waals surface area (Å²) in [6, 6.07) is 3.85. The Kier molecular flexibility index (Phi) is 5.05. The molecule has 8 nitrogen and oxygen atoms in total. The summed E-state index contributed by atoms with van der Waals surface area (Å²) in [7, 11) is 0. The maximum Gasteiger partial charge on any atom is 0.182 e. The van der Waals surface area contributed by atoms with E-state index in [1.165, 1.54) is 12.1 Å². The summed E-state index contributed by atoms with van der Waals surface area (Å²) in [5, 5.41) is 9.00. The molecular formula is C24H23F2N7O. The summed E-state index contributed by atoms with van der Waals surface area (Å²) in [5.41, 5.74) is 3.53. The van der Waals surface area contributed by atoms with Crippen LogP contribution in [0.1, 0.15) is 66.7 Å². The number of aromatic nitrogens is 7. The van der Waals surface area contributed by atoms with Gasteiger partial charge in [-0.15, -0.1) is 0 Å². The molecule has 4 aromatic rings. The number of ether oxygens (including phenoxy) is 1. The molecule has 2 fully saturated rings. The van der Waals surface area contributed by atoms with Crippen molar-refractivity contribution in [3.05, 3.63) is 58.9 Å². The van der Waals surface area contributed by atoms with Crippen LogP contribution in [0.4, 0.5) is 8.78 Å². The van der Waals surface area contributed by atoms with Crippen LogP contribution in [0.3, 0.4) is 0 Å². The van der Waals surface area contributed by atoms with Gasteiger partial charge in [0.15, 0.2) is 5.65 Å². The fourth-order valence-electron chi connectivity index (χ4n) is 4.34. The fourth-order valence-corrected chi connectivity index (χ4v) is 4.34. The number of fused-ring (bicyclic) bond motifs is 1. The molecule has 1 saturated heterocycles. The molecule has 0 spiro atoms. The van der Waals surface area contributed by atoms with Gasteiger partial charge < -0.3 is 4.74 Å². The van der Waals surface area contributed by atoms with E-state index in [0.29, 0.717) is 53.9 Å².